The number of aliphatic hydroxyl groups excluding tert-OH is 2. The van der Waals surface area contributed by atoms with Gasteiger partial charge >= 0.3 is 0 Å². The van der Waals surface area contributed by atoms with E-state index in [1.165, 1.54) is 26.7 Å². The van der Waals surface area contributed by atoms with E-state index in [9.17, 15) is 4.79 Å². The fourth-order valence-corrected chi connectivity index (χ4v) is 1.24. The van der Waals surface area contributed by atoms with Crippen molar-refractivity contribution >= 4 is 141 Å². The monoisotopic (exact) mass is 1200 g/mol. The quantitative estimate of drug-likeness (QED) is 0.0457. The number of carbonyl (C=O) groups is 1. The second kappa shape index (κ2) is 32.7. The lowest BCUT2D eigenvalue weighted by Gasteiger charge is -2.00. The molecule has 0 aromatic heterocycles. The third-order valence-electron chi connectivity index (χ3n) is 2.37. The van der Waals surface area contributed by atoms with Gasteiger partial charge in [-0.1, -0.05) is 136 Å². The molecule has 0 heterocycles. The number of carbonyl (C=O) groups excluding carboxylic acids is 1. The first kappa shape index (κ1) is 25.2. The number of alkyl halides is 6. The first-order valence-corrected chi connectivity index (χ1v) is 17.4. The summed E-state index contributed by atoms with van der Waals surface area (Å²) in [6.45, 7) is 0. The maximum atomic E-state index is 11.1. The van der Waals surface area contributed by atoms with Crippen molar-refractivity contribution < 1.29 is 54.3 Å². The Kier molecular flexibility index (Phi) is 22.3. The molecule has 0 spiro atoms. The summed E-state index contributed by atoms with van der Waals surface area (Å²) in [5.74, 6) is -2.86. The molecule has 0 fully saturated rings. The topological polar surface area (TPSA) is 159 Å². The molecule has 0 radical (unpaired) electrons. The number of rotatable bonds is 0. The normalized spacial score (nSPS) is 16.8. The number of benzene rings is 2. The predicted molar refractivity (Wildman–Crippen MR) is 202 cm³/mol. The van der Waals surface area contributed by atoms with Crippen LogP contribution in [0.5, 0.6) is 23.0 Å². The largest absolute Gasteiger partial charge is 0.515 e. The molecule has 210 valence electrons. The molecular formula is C23H28I6O8. The van der Waals surface area contributed by atoms with E-state index >= 15 is 0 Å². The van der Waals surface area contributed by atoms with Crippen LogP contribution in [0.3, 0.4) is 0 Å². The summed E-state index contributed by atoms with van der Waals surface area (Å²) < 4.78 is 75.3. The molecule has 2 aromatic rings. The van der Waals surface area contributed by atoms with Crippen LogP contribution in [0.4, 0.5) is 0 Å². The van der Waals surface area contributed by atoms with E-state index in [0.29, 0.717) is 6.26 Å². The van der Waals surface area contributed by atoms with E-state index in [0.717, 1.165) is -0.0619 Å². The van der Waals surface area contributed by atoms with Gasteiger partial charge < -0.3 is 35.7 Å². The van der Waals surface area contributed by atoms with Crippen LogP contribution in [0.2, 0.25) is 0 Å². The Bertz CT molecular complexity index is 1230. The van der Waals surface area contributed by atoms with Gasteiger partial charge in [-0.15, -0.1) is 0 Å². The van der Waals surface area contributed by atoms with Crippen LogP contribution in [0.25, 0.3) is 0 Å². The summed E-state index contributed by atoms with van der Waals surface area (Å²) >= 11 is 13.6. The van der Waals surface area contributed by atoms with Crippen LogP contribution < -0.4 is 0 Å². The second-order valence-electron chi connectivity index (χ2n) is 4.66. The number of allylic oxidation sites excluding steroid dienone is 4. The average molecular weight is 1200 g/mol. The smallest absolute Gasteiger partial charge is 0.210 e. The van der Waals surface area contributed by atoms with Gasteiger partial charge in [0.05, 0.1) is 28.0 Å². The molecule has 8 nitrogen and oxygen atoms in total. The van der Waals surface area contributed by atoms with Crippen LogP contribution in [-0.2, 0) is 4.79 Å². The zero-order chi connectivity index (χ0) is 39.1. The van der Waals surface area contributed by atoms with Crippen molar-refractivity contribution in [2.24, 2.45) is 0 Å². The number of hydrogen-bond donors (Lipinski definition) is 7. The molecule has 0 unspecified atom stereocenters. The Morgan fingerprint density at radius 1 is 0.865 bits per heavy atom. The summed E-state index contributed by atoms with van der Waals surface area (Å²) in [5, 5.41) is 56.0. The average Bonchev–Trinajstić information content (AvgIpc) is 3.03. The standard InChI is InChI=1S/C7H6O3.2C6H6O2.CHI3.CH2I2.CH3I.CH4O/c8-4-5-3-6(9)1-2-7(5)10;2*7-5-1-2-6(8)4-3-5;2-1(3)4;2-1-3;2*1-2/h1-4,8-9H;2*1-4,7-8H;1H;1H2;1H3;2H,1H3/i1D,2D,3D;1D,2D,3D,4D;;;;;1D3,2D. The van der Waals surface area contributed by atoms with Crippen LogP contribution >= 0.6 is 136 Å². The highest BCUT2D eigenvalue weighted by Gasteiger charge is 2.08. The fraction of sp³-hybridized carbons (Fsp3) is 0.174. The summed E-state index contributed by atoms with van der Waals surface area (Å²) in [6.07, 6.45) is 0.349. The van der Waals surface area contributed by atoms with Crippen molar-refractivity contribution in [1.82, 2.24) is 0 Å². The molecule has 3 rings (SSSR count). The minimum atomic E-state index is -2.54. The van der Waals surface area contributed by atoms with E-state index in [-0.39, 0.29) is 11.5 Å². The summed E-state index contributed by atoms with van der Waals surface area (Å²) in [6, 6.07) is 1.13. The molecule has 0 amide bonds. The molecule has 0 aliphatic heterocycles. The van der Waals surface area contributed by atoms with Gasteiger partial charge in [0.15, 0.2) is 5.78 Å². The summed E-state index contributed by atoms with van der Waals surface area (Å²) in [5.41, 5.74) is -0.474. The van der Waals surface area contributed by atoms with Crippen molar-refractivity contribution in [2.45, 2.75) is -0.0619 Å². The van der Waals surface area contributed by atoms with Gasteiger partial charge in [0.2, 0.25) is 1.43 Å². The van der Waals surface area contributed by atoms with Crippen LogP contribution in [0.1, 0.15) is 13.7 Å². The maximum Gasteiger partial charge on any atom is 0.210 e. The Balaban J connectivity index is -0.000000255. The van der Waals surface area contributed by atoms with Crippen molar-refractivity contribution in [3.8, 4) is 23.0 Å². The number of halogens is 6. The SMILES string of the molecule is CI.IC(I)I.ICI.Oc1ccc(O)cc1.[2H]C1=C([2H])C(O)=C([2H])C(=CO)C1=O.[2H]OC([2H])([2H])[2H].[2H]c1c([2H])c(O)c([2H])c([2H])c1O. The number of phenols is 4. The van der Waals surface area contributed by atoms with Crippen molar-refractivity contribution in [3.63, 3.8) is 0 Å². The highest BCUT2D eigenvalue weighted by molar-refractivity contribution is 14.3. The fourth-order valence-electron chi connectivity index (χ4n) is 1.24. The Morgan fingerprint density at radius 2 is 1.19 bits per heavy atom. The predicted octanol–water partition coefficient (Wildman–Crippen LogP) is 8.25. The van der Waals surface area contributed by atoms with Crippen LogP contribution in [0.15, 0.2) is 84.2 Å². The van der Waals surface area contributed by atoms with Crippen molar-refractivity contribution in [2.75, 3.05) is 14.4 Å². The lowest BCUT2D eigenvalue weighted by atomic mass is 10.1. The van der Waals surface area contributed by atoms with E-state index in [4.69, 9.17) is 45.8 Å². The second-order valence-corrected chi connectivity index (χ2v) is 20.0. The van der Waals surface area contributed by atoms with Gasteiger partial charge in [-0.05, 0) is 71.5 Å². The Hall–Kier alpha value is 0.470. The zero-order valence-corrected chi connectivity index (χ0v) is 31.4. The molecule has 0 saturated heterocycles. The molecule has 0 bridgehead atoms. The van der Waals surface area contributed by atoms with Gasteiger partial charge in [-0.3, -0.25) is 4.79 Å². The van der Waals surface area contributed by atoms with Gasteiger partial charge in [0.1, 0.15) is 28.7 Å². The van der Waals surface area contributed by atoms with Gasteiger partial charge in [0, 0.05) is 7.04 Å². The highest BCUT2D eigenvalue weighted by Crippen LogP contribution is 2.16. The minimum Gasteiger partial charge on any atom is -0.515 e. The summed E-state index contributed by atoms with van der Waals surface area (Å²) in [7, 11) is -2.54. The van der Waals surface area contributed by atoms with Crippen molar-refractivity contribution in [3.05, 3.63) is 84.2 Å². The van der Waals surface area contributed by atoms with E-state index in [1.807, 2.05) is 4.93 Å². The van der Waals surface area contributed by atoms with Gasteiger partial charge in [0.25, 0.3) is 0 Å². The van der Waals surface area contributed by atoms with E-state index < -0.39 is 78.0 Å². The number of ketones is 1. The maximum absolute atomic E-state index is 11.1. The van der Waals surface area contributed by atoms with Crippen LogP contribution in [0, 0.1) is 0 Å². The Labute approximate surface area is 314 Å². The molecular weight excluding hydrogens is 1170 g/mol. The van der Waals surface area contributed by atoms with Gasteiger partial charge in [-0.2, -0.15) is 0 Å². The number of phenolic OH excluding ortho intramolecular Hbond substituents is 4. The Morgan fingerprint density at radius 3 is 1.46 bits per heavy atom. The number of aliphatic hydroxyl groups is 3. The third kappa shape index (κ3) is 34.4. The van der Waals surface area contributed by atoms with E-state index in [2.05, 4.69) is 141 Å². The first-order chi connectivity index (χ1) is 22.0. The molecule has 7 N–H and O–H groups in total. The molecule has 1 aliphatic carbocycles. The molecule has 14 heteroatoms. The number of hydrogen-bond acceptors (Lipinski definition) is 8. The lowest BCUT2D eigenvalue weighted by Crippen LogP contribution is -2.01. The highest BCUT2D eigenvalue weighted by atomic mass is 127. The molecule has 0 saturated carbocycles. The molecule has 37 heavy (non-hydrogen) atoms. The lowest BCUT2D eigenvalue weighted by molar-refractivity contribution is -0.111. The van der Waals surface area contributed by atoms with Crippen LogP contribution in [-0.4, -0.2) is 57.3 Å². The first-order valence-electron chi connectivity index (χ1n) is 13.9. The van der Waals surface area contributed by atoms with Gasteiger partial charge in [-0.25, -0.2) is 0 Å². The molecule has 1 aliphatic rings. The molecule has 0 atom stereocenters. The number of aromatic hydroxyl groups is 4. The summed E-state index contributed by atoms with van der Waals surface area (Å²) in [4.78, 5) is 13.0. The third-order valence-corrected chi connectivity index (χ3v) is 2.37. The van der Waals surface area contributed by atoms with Crippen molar-refractivity contribution in [1.29, 1.82) is 1.43 Å². The zero-order valence-electron chi connectivity index (χ0n) is 29.4. The van der Waals surface area contributed by atoms with E-state index in [1.54, 1.807) is 0 Å². The minimum absolute atomic E-state index is 0.169. The molecule has 2 aromatic carbocycles.